The number of hydrogen-bond donors (Lipinski definition) is 0. The molecule has 1 atom stereocenters. The van der Waals surface area contributed by atoms with Crippen LogP contribution in [0.5, 0.6) is 0 Å². The predicted octanol–water partition coefficient (Wildman–Crippen LogP) is 8.73. The molecule has 0 N–H and O–H groups in total. The van der Waals surface area contributed by atoms with Crippen molar-refractivity contribution in [1.29, 1.82) is 0 Å². The molecule has 0 radical (unpaired) electrons. The molecule has 2 aliphatic rings. The molecular formula is C32H42Zr. The van der Waals surface area contributed by atoms with E-state index in [0.717, 1.165) is 6.42 Å². The molecule has 33 heavy (non-hydrogen) atoms. The molecule has 2 aromatic carbocycles. The zero-order valence-corrected chi connectivity index (χ0v) is 25.2. The van der Waals surface area contributed by atoms with Gasteiger partial charge in [0, 0.05) is 0 Å². The molecule has 0 bridgehead atoms. The van der Waals surface area contributed by atoms with Gasteiger partial charge in [-0.05, 0) is 17.4 Å². The molecule has 0 spiro atoms. The topological polar surface area (TPSA) is 0 Å². The summed E-state index contributed by atoms with van der Waals surface area (Å²) < 4.78 is 1.51. The summed E-state index contributed by atoms with van der Waals surface area (Å²) in [5, 5.41) is 0. The molecule has 174 valence electrons. The summed E-state index contributed by atoms with van der Waals surface area (Å²) in [4.78, 5) is 0. The number of allylic oxidation sites excluding steroid dienone is 4. The Morgan fingerprint density at radius 3 is 1.88 bits per heavy atom. The predicted molar refractivity (Wildman–Crippen MR) is 143 cm³/mol. The van der Waals surface area contributed by atoms with Gasteiger partial charge < -0.3 is 0 Å². The van der Waals surface area contributed by atoms with Gasteiger partial charge in [-0.3, -0.25) is 6.08 Å². The van der Waals surface area contributed by atoms with Crippen LogP contribution in [0.25, 0.3) is 11.1 Å². The van der Waals surface area contributed by atoms with Gasteiger partial charge >= 0.3 is 41.3 Å². The number of rotatable bonds is 0. The van der Waals surface area contributed by atoms with Gasteiger partial charge in [0.25, 0.3) is 0 Å². The SMILES string of the molecule is CC(C)(C)c1c[c-]c2c(c1)-c1cc(C(C)(C)C)ccc1C2.CC1=[C-]C(C)C=C1C.C[C](C)=[Zr+2]. The zero-order chi connectivity index (χ0) is 25.1. The Bertz CT molecular complexity index is 981. The van der Waals surface area contributed by atoms with Crippen molar-refractivity contribution >= 4 is 3.21 Å². The molecule has 0 aliphatic heterocycles. The van der Waals surface area contributed by atoms with E-state index in [4.69, 9.17) is 0 Å². The molecule has 0 fully saturated rings. The standard InChI is InChI=1S/C21H25.C8H11.C3H6.Zr/c1-20(2,3)16-9-7-14-11-15-8-10-17(21(4,5)6)13-19(15)18(14)12-16;1-6-4-7(2)8(3)5-6;1-3-2;/h7,9-10,12-13H,11H2,1-6H3;4,6H,1-3H3;1-2H3;/q2*-1;;+2. The van der Waals surface area contributed by atoms with Gasteiger partial charge in [-0.15, -0.1) is 12.5 Å². The van der Waals surface area contributed by atoms with Crippen molar-refractivity contribution in [3.63, 3.8) is 0 Å². The van der Waals surface area contributed by atoms with E-state index in [0.29, 0.717) is 5.92 Å². The molecular weight excluding hydrogens is 476 g/mol. The summed E-state index contributed by atoms with van der Waals surface area (Å²) in [7, 11) is 0. The normalized spacial score (nSPS) is 16.5. The van der Waals surface area contributed by atoms with Gasteiger partial charge in [-0.1, -0.05) is 96.0 Å². The third-order valence-electron chi connectivity index (χ3n) is 6.06. The van der Waals surface area contributed by atoms with E-state index < -0.39 is 0 Å². The first-order valence-electron chi connectivity index (χ1n) is 12.1. The van der Waals surface area contributed by atoms with Crippen LogP contribution in [0.4, 0.5) is 0 Å². The van der Waals surface area contributed by atoms with Crippen molar-refractivity contribution in [1.82, 2.24) is 0 Å². The fourth-order valence-electron chi connectivity index (χ4n) is 3.98. The summed E-state index contributed by atoms with van der Waals surface area (Å²) >= 11 is 1.55. The third kappa shape index (κ3) is 7.85. The monoisotopic (exact) mass is 516 g/mol. The first kappa shape index (κ1) is 27.9. The van der Waals surface area contributed by atoms with Crippen molar-refractivity contribution in [3.8, 4) is 11.1 Å². The van der Waals surface area contributed by atoms with Crippen molar-refractivity contribution < 1.29 is 24.2 Å². The van der Waals surface area contributed by atoms with Crippen LogP contribution in [0.15, 0.2) is 47.6 Å². The van der Waals surface area contributed by atoms with Gasteiger partial charge in [0.1, 0.15) is 0 Å². The van der Waals surface area contributed by atoms with Crippen LogP contribution < -0.4 is 0 Å². The fourth-order valence-corrected chi connectivity index (χ4v) is 3.98. The van der Waals surface area contributed by atoms with Crippen LogP contribution in [0.1, 0.15) is 98.4 Å². The molecule has 0 heterocycles. The number of benzene rings is 2. The van der Waals surface area contributed by atoms with Crippen molar-refractivity contribution in [2.45, 2.75) is 93.4 Å². The molecule has 1 unspecified atom stereocenters. The molecule has 2 aliphatic carbocycles. The summed E-state index contributed by atoms with van der Waals surface area (Å²) in [6.07, 6.45) is 6.55. The zero-order valence-electron chi connectivity index (χ0n) is 22.7. The van der Waals surface area contributed by atoms with E-state index in [1.807, 2.05) is 0 Å². The molecule has 0 saturated carbocycles. The summed E-state index contributed by atoms with van der Waals surface area (Å²) in [6, 6.07) is 15.1. The van der Waals surface area contributed by atoms with Crippen LogP contribution in [-0.2, 0) is 41.5 Å². The molecule has 2 aromatic rings. The van der Waals surface area contributed by atoms with E-state index in [-0.39, 0.29) is 10.8 Å². The maximum absolute atomic E-state index is 3.53. The van der Waals surface area contributed by atoms with Crippen molar-refractivity contribution in [2.75, 3.05) is 0 Å². The van der Waals surface area contributed by atoms with Crippen molar-refractivity contribution in [3.05, 3.63) is 82.0 Å². The van der Waals surface area contributed by atoms with E-state index in [1.165, 1.54) is 47.7 Å². The second-order valence-corrected chi connectivity index (χ2v) is 14.2. The van der Waals surface area contributed by atoms with E-state index in [2.05, 4.69) is 125 Å². The minimum absolute atomic E-state index is 0.177. The average molecular weight is 518 g/mol. The second-order valence-electron chi connectivity index (χ2n) is 11.7. The molecule has 0 aromatic heterocycles. The Balaban J connectivity index is 0.000000265. The molecule has 0 nitrogen and oxygen atoms in total. The van der Waals surface area contributed by atoms with E-state index in [1.54, 1.807) is 24.2 Å². The Hall–Kier alpha value is -1.33. The third-order valence-corrected chi connectivity index (χ3v) is 6.06. The Morgan fingerprint density at radius 1 is 0.909 bits per heavy atom. The van der Waals surface area contributed by atoms with Gasteiger partial charge in [0.05, 0.1) is 0 Å². The average Bonchev–Trinajstić information content (AvgIpc) is 3.17. The fraction of sp³-hybridized carbons (Fsp3) is 0.469. The van der Waals surface area contributed by atoms with Crippen LogP contribution in [0.2, 0.25) is 0 Å². The first-order valence-corrected chi connectivity index (χ1v) is 13.3. The van der Waals surface area contributed by atoms with Crippen LogP contribution in [0.3, 0.4) is 0 Å². The molecule has 0 amide bonds. The Labute approximate surface area is 218 Å². The minimum atomic E-state index is 0.177. The van der Waals surface area contributed by atoms with Gasteiger partial charge in [-0.2, -0.15) is 35.4 Å². The van der Waals surface area contributed by atoms with Crippen molar-refractivity contribution in [2.24, 2.45) is 5.92 Å². The van der Waals surface area contributed by atoms with Crippen LogP contribution >= 0.6 is 0 Å². The Kier molecular flexibility index (Phi) is 9.26. The quantitative estimate of drug-likeness (QED) is 0.262. The van der Waals surface area contributed by atoms with Gasteiger partial charge in [0.15, 0.2) is 0 Å². The Morgan fingerprint density at radius 2 is 1.45 bits per heavy atom. The summed E-state index contributed by atoms with van der Waals surface area (Å²) in [5.74, 6) is 0.551. The number of fused-ring (bicyclic) bond motifs is 3. The molecule has 4 rings (SSSR count). The number of hydrogen-bond acceptors (Lipinski definition) is 0. The molecule has 0 saturated heterocycles. The first-order chi connectivity index (χ1) is 15.1. The maximum atomic E-state index is 3.53. The van der Waals surface area contributed by atoms with Gasteiger partial charge in [0.2, 0.25) is 0 Å². The second kappa shape index (κ2) is 10.9. The summed E-state index contributed by atoms with van der Waals surface area (Å²) in [5.41, 5.74) is 11.5. The summed E-state index contributed by atoms with van der Waals surface area (Å²) in [6.45, 7) is 24.3. The van der Waals surface area contributed by atoms with E-state index in [9.17, 15) is 0 Å². The van der Waals surface area contributed by atoms with Crippen LogP contribution in [-0.4, -0.2) is 3.21 Å². The van der Waals surface area contributed by atoms with E-state index >= 15 is 0 Å². The van der Waals surface area contributed by atoms with Gasteiger partial charge in [-0.25, -0.2) is 11.1 Å². The van der Waals surface area contributed by atoms with Crippen LogP contribution in [0, 0.1) is 18.1 Å². The molecule has 1 heteroatoms.